The van der Waals surface area contributed by atoms with E-state index in [0.717, 1.165) is 22.3 Å². The summed E-state index contributed by atoms with van der Waals surface area (Å²) in [5.41, 5.74) is 3.30. The van der Waals surface area contributed by atoms with E-state index in [1.807, 2.05) is 13.0 Å². The van der Waals surface area contributed by atoms with Crippen LogP contribution in [0.1, 0.15) is 23.7 Å². The van der Waals surface area contributed by atoms with Gasteiger partial charge in [0.05, 0.1) is 7.11 Å². The van der Waals surface area contributed by atoms with Crippen LogP contribution in [-0.4, -0.2) is 30.5 Å². The second-order valence-corrected chi connectivity index (χ2v) is 6.59. The smallest absolute Gasteiger partial charge is 0.479 e. The molecule has 0 amide bonds. The molecule has 0 saturated carbocycles. The fourth-order valence-corrected chi connectivity index (χ4v) is 3.14. The highest BCUT2D eigenvalue weighted by Gasteiger charge is 2.31. The van der Waals surface area contributed by atoms with E-state index in [1.165, 1.54) is 19.2 Å². The number of aromatic amines is 1. The summed E-state index contributed by atoms with van der Waals surface area (Å²) in [6, 6.07) is 11.4. The molecule has 1 N–H and O–H groups in total. The number of carbonyl (C=O) groups is 1. The van der Waals surface area contributed by atoms with Gasteiger partial charge in [-0.25, -0.2) is 4.79 Å². The molecule has 29 heavy (non-hydrogen) atoms. The van der Waals surface area contributed by atoms with Crippen molar-refractivity contribution in [3.63, 3.8) is 0 Å². The molecule has 2 aromatic carbocycles. The van der Waals surface area contributed by atoms with Gasteiger partial charge in [0.25, 0.3) is 0 Å². The number of ether oxygens (including phenoxy) is 3. The summed E-state index contributed by atoms with van der Waals surface area (Å²) in [6.07, 6.45) is -5.04. The Bertz CT molecular complexity index is 1030. The van der Waals surface area contributed by atoms with E-state index in [2.05, 4.69) is 14.5 Å². The zero-order chi connectivity index (χ0) is 21.2. The molecule has 3 rings (SSSR count). The molecular weight excluding hydrogens is 387 g/mol. The van der Waals surface area contributed by atoms with Crippen LogP contribution in [0.2, 0.25) is 0 Å². The maximum Gasteiger partial charge on any atom is 0.573 e. The number of benzene rings is 2. The Morgan fingerprint density at radius 1 is 1.14 bits per heavy atom. The second kappa shape index (κ2) is 8.06. The van der Waals surface area contributed by atoms with Crippen molar-refractivity contribution in [2.24, 2.45) is 0 Å². The third-order valence-corrected chi connectivity index (χ3v) is 4.45. The van der Waals surface area contributed by atoms with E-state index in [0.29, 0.717) is 17.6 Å². The molecule has 154 valence electrons. The number of halogens is 3. The lowest BCUT2D eigenvalue weighted by molar-refractivity contribution is -0.274. The minimum Gasteiger partial charge on any atom is -0.479 e. The number of rotatable bonds is 6. The van der Waals surface area contributed by atoms with Gasteiger partial charge in [-0.1, -0.05) is 12.1 Å². The zero-order valence-electron chi connectivity index (χ0n) is 16.1. The van der Waals surface area contributed by atoms with Crippen LogP contribution in [0.4, 0.5) is 13.2 Å². The van der Waals surface area contributed by atoms with Gasteiger partial charge in [-0.15, -0.1) is 13.2 Å². The van der Waals surface area contributed by atoms with Crippen molar-refractivity contribution in [3.05, 3.63) is 59.3 Å². The third-order valence-electron chi connectivity index (χ3n) is 4.45. The molecule has 0 bridgehead atoms. The average Bonchev–Trinajstić information content (AvgIpc) is 2.95. The predicted molar refractivity (Wildman–Crippen MR) is 101 cm³/mol. The average molecular weight is 407 g/mol. The van der Waals surface area contributed by atoms with Crippen molar-refractivity contribution in [1.29, 1.82) is 0 Å². The first-order valence-electron chi connectivity index (χ1n) is 8.86. The number of esters is 1. The van der Waals surface area contributed by atoms with Crippen molar-refractivity contribution in [2.45, 2.75) is 32.7 Å². The molecule has 1 atom stereocenters. The Hall–Kier alpha value is -3.16. The molecule has 8 heteroatoms. The molecule has 1 heterocycles. The first-order chi connectivity index (χ1) is 13.7. The van der Waals surface area contributed by atoms with E-state index in [-0.39, 0.29) is 5.75 Å². The highest BCUT2D eigenvalue weighted by Crippen LogP contribution is 2.31. The lowest BCUT2D eigenvalue weighted by Crippen LogP contribution is -2.24. The number of fused-ring (bicyclic) bond motifs is 1. The van der Waals surface area contributed by atoms with Gasteiger partial charge in [0.2, 0.25) is 0 Å². The number of hydrogen-bond donors (Lipinski definition) is 1. The van der Waals surface area contributed by atoms with E-state index in [9.17, 15) is 18.0 Å². The summed E-state index contributed by atoms with van der Waals surface area (Å²) in [6.45, 7) is 3.45. The molecule has 0 spiro atoms. The first-order valence-corrected chi connectivity index (χ1v) is 8.86. The summed E-state index contributed by atoms with van der Waals surface area (Å²) in [5, 5.41) is 0.651. The molecule has 0 aliphatic carbocycles. The van der Waals surface area contributed by atoms with Gasteiger partial charge in [0.1, 0.15) is 11.5 Å². The largest absolute Gasteiger partial charge is 0.573 e. The predicted octanol–water partition coefficient (Wildman–Crippen LogP) is 4.91. The van der Waals surface area contributed by atoms with E-state index in [1.54, 1.807) is 31.2 Å². The van der Waals surface area contributed by atoms with E-state index in [4.69, 9.17) is 4.74 Å². The van der Waals surface area contributed by atoms with Gasteiger partial charge >= 0.3 is 12.3 Å². The Morgan fingerprint density at radius 2 is 1.90 bits per heavy atom. The van der Waals surface area contributed by atoms with Gasteiger partial charge in [-0.05, 0) is 61.7 Å². The standard InChI is InChI=1S/C21H20F3NO4/c1-12-17(18-11-16(29-21(22,23)24)7-8-19(18)25-12)10-14-5-4-6-15(9-14)28-13(2)20(26)27-3/h4-9,11,13,25H,10H2,1-3H3/t13-/m1/s1. The van der Waals surface area contributed by atoms with Crippen molar-refractivity contribution >= 4 is 16.9 Å². The van der Waals surface area contributed by atoms with Gasteiger partial charge in [0.15, 0.2) is 6.10 Å². The SMILES string of the molecule is COC(=O)[C@@H](C)Oc1cccc(Cc2c(C)[nH]c3ccc(OC(F)(F)F)cc23)c1. The van der Waals surface area contributed by atoms with Crippen molar-refractivity contribution in [2.75, 3.05) is 7.11 Å². The molecule has 0 unspecified atom stereocenters. The lowest BCUT2D eigenvalue weighted by atomic mass is 10.0. The molecule has 0 aliphatic heterocycles. The van der Waals surface area contributed by atoms with E-state index < -0.39 is 18.4 Å². The number of alkyl halides is 3. The minimum atomic E-state index is -4.75. The molecule has 0 aliphatic rings. The van der Waals surface area contributed by atoms with Crippen molar-refractivity contribution in [1.82, 2.24) is 4.98 Å². The summed E-state index contributed by atoms with van der Waals surface area (Å²) >= 11 is 0. The second-order valence-electron chi connectivity index (χ2n) is 6.59. The molecule has 3 aromatic rings. The van der Waals surface area contributed by atoms with Crippen LogP contribution in [0.25, 0.3) is 10.9 Å². The molecule has 5 nitrogen and oxygen atoms in total. The fraction of sp³-hybridized carbons (Fsp3) is 0.286. The summed E-state index contributed by atoms with van der Waals surface area (Å²) in [7, 11) is 1.29. The number of carbonyl (C=O) groups excluding carboxylic acids is 1. The van der Waals surface area contributed by atoms with Gasteiger partial charge in [0, 0.05) is 16.6 Å². The molecule has 0 saturated heterocycles. The van der Waals surface area contributed by atoms with Crippen LogP contribution in [0, 0.1) is 6.92 Å². The van der Waals surface area contributed by atoms with Crippen LogP contribution in [0.3, 0.4) is 0 Å². The van der Waals surface area contributed by atoms with E-state index >= 15 is 0 Å². The lowest BCUT2D eigenvalue weighted by Gasteiger charge is -2.13. The van der Waals surface area contributed by atoms with Crippen molar-refractivity contribution < 1.29 is 32.2 Å². The molecule has 0 fully saturated rings. The first kappa shape index (κ1) is 20.6. The van der Waals surface area contributed by atoms with Crippen LogP contribution in [0.15, 0.2) is 42.5 Å². The number of aryl methyl sites for hydroxylation is 1. The Labute approximate surface area is 165 Å². The molecular formula is C21H20F3NO4. The Balaban J connectivity index is 1.88. The normalized spacial score (nSPS) is 12.6. The Morgan fingerprint density at radius 3 is 2.59 bits per heavy atom. The molecule has 1 aromatic heterocycles. The molecule has 0 radical (unpaired) electrons. The zero-order valence-corrected chi connectivity index (χ0v) is 16.1. The van der Waals surface area contributed by atoms with Crippen LogP contribution < -0.4 is 9.47 Å². The summed E-state index contributed by atoms with van der Waals surface area (Å²) < 4.78 is 51.9. The van der Waals surface area contributed by atoms with Crippen LogP contribution in [0.5, 0.6) is 11.5 Å². The minimum absolute atomic E-state index is 0.269. The number of aromatic nitrogens is 1. The number of H-pyrrole nitrogens is 1. The van der Waals surface area contributed by atoms with Crippen LogP contribution in [-0.2, 0) is 16.0 Å². The summed E-state index contributed by atoms with van der Waals surface area (Å²) in [4.78, 5) is 14.7. The Kier molecular flexibility index (Phi) is 5.72. The monoisotopic (exact) mass is 407 g/mol. The van der Waals surface area contributed by atoms with Gasteiger partial charge in [-0.2, -0.15) is 0 Å². The van der Waals surface area contributed by atoms with Gasteiger partial charge < -0.3 is 19.2 Å². The number of nitrogens with one attached hydrogen (secondary N) is 1. The number of hydrogen-bond acceptors (Lipinski definition) is 4. The fourth-order valence-electron chi connectivity index (χ4n) is 3.14. The topological polar surface area (TPSA) is 60.5 Å². The van der Waals surface area contributed by atoms with Crippen molar-refractivity contribution in [3.8, 4) is 11.5 Å². The quantitative estimate of drug-likeness (QED) is 0.590. The number of methoxy groups -OCH3 is 1. The van der Waals surface area contributed by atoms with Gasteiger partial charge in [-0.3, -0.25) is 0 Å². The van der Waals surface area contributed by atoms with Crippen LogP contribution >= 0.6 is 0 Å². The third kappa shape index (κ3) is 5.01. The summed E-state index contributed by atoms with van der Waals surface area (Å²) in [5.74, 6) is -0.256. The highest BCUT2D eigenvalue weighted by molar-refractivity contribution is 5.86. The maximum absolute atomic E-state index is 12.5. The highest BCUT2D eigenvalue weighted by atomic mass is 19.4. The maximum atomic E-state index is 12.5.